The number of thiazole rings is 1. The normalized spacial score (nSPS) is 15.9. The van der Waals surface area contributed by atoms with Crippen molar-refractivity contribution in [1.82, 2.24) is 19.9 Å². The lowest BCUT2D eigenvalue weighted by Crippen LogP contribution is -2.31. The highest BCUT2D eigenvalue weighted by Gasteiger charge is 2.30. The maximum Gasteiger partial charge on any atom is 0.263 e. The van der Waals surface area contributed by atoms with Gasteiger partial charge in [-0.15, -0.1) is 11.3 Å². The molecule has 140 valence electrons. The number of nitrogens with one attached hydrogen (secondary N) is 1. The van der Waals surface area contributed by atoms with Crippen molar-refractivity contribution in [2.75, 3.05) is 6.54 Å². The van der Waals surface area contributed by atoms with Crippen molar-refractivity contribution in [3.05, 3.63) is 65.4 Å². The minimum Gasteiger partial charge on any atom is -0.351 e. The second-order valence-corrected chi connectivity index (χ2v) is 8.93. The Morgan fingerprint density at radius 1 is 1.14 bits per heavy atom. The van der Waals surface area contributed by atoms with Crippen LogP contribution in [0.4, 0.5) is 0 Å². The number of hydrogen-bond acceptors (Lipinski definition) is 4. The van der Waals surface area contributed by atoms with E-state index in [0.717, 1.165) is 44.3 Å². The van der Waals surface area contributed by atoms with Crippen LogP contribution in [0, 0.1) is 5.41 Å². The molecule has 1 aliphatic heterocycles. The van der Waals surface area contributed by atoms with E-state index in [0.29, 0.717) is 6.54 Å². The zero-order chi connectivity index (χ0) is 19.3. The maximum absolute atomic E-state index is 12.5. The van der Waals surface area contributed by atoms with Gasteiger partial charge in [0.1, 0.15) is 15.5 Å². The number of para-hydroxylation sites is 1. The highest BCUT2D eigenvalue weighted by molar-refractivity contribution is 7.17. The Morgan fingerprint density at radius 3 is 2.79 bits per heavy atom. The van der Waals surface area contributed by atoms with Crippen LogP contribution in [0.5, 0.6) is 0 Å². The third-order valence-corrected chi connectivity index (χ3v) is 6.26. The summed E-state index contributed by atoms with van der Waals surface area (Å²) in [6.07, 6.45) is 4.63. The molecule has 0 aliphatic carbocycles. The molecule has 0 saturated heterocycles. The van der Waals surface area contributed by atoms with Crippen LogP contribution in [0.3, 0.4) is 0 Å². The highest BCUT2D eigenvalue weighted by atomic mass is 32.1. The Hall–Kier alpha value is -2.99. The monoisotopic (exact) mass is 388 g/mol. The first-order valence-electron chi connectivity index (χ1n) is 9.32. The van der Waals surface area contributed by atoms with Crippen LogP contribution in [-0.2, 0) is 6.42 Å². The summed E-state index contributed by atoms with van der Waals surface area (Å²) in [5.41, 5.74) is 3.86. The molecule has 0 radical (unpaired) electrons. The van der Waals surface area contributed by atoms with Crippen LogP contribution >= 0.6 is 11.3 Å². The summed E-state index contributed by atoms with van der Waals surface area (Å²) in [6, 6.07) is 14.2. The maximum atomic E-state index is 12.5. The number of carbonyl (C=O) groups is 1. The van der Waals surface area contributed by atoms with Crippen molar-refractivity contribution < 1.29 is 4.79 Å². The molecule has 5 nitrogen and oxygen atoms in total. The number of carbonyl (C=O) groups excluding carboxylic acids is 1. The molecule has 1 aromatic carbocycles. The van der Waals surface area contributed by atoms with Crippen LogP contribution in [0.25, 0.3) is 27.3 Å². The molecule has 4 heterocycles. The second-order valence-electron chi connectivity index (χ2n) is 7.94. The number of hydrogen-bond donors (Lipinski definition) is 1. The summed E-state index contributed by atoms with van der Waals surface area (Å²) in [7, 11) is 0. The summed E-state index contributed by atoms with van der Waals surface area (Å²) in [5.74, 6) is -0.0171. The average Bonchev–Trinajstić information content (AvgIpc) is 3.28. The van der Waals surface area contributed by atoms with Crippen molar-refractivity contribution in [2.45, 2.75) is 20.3 Å². The Labute approximate surface area is 167 Å². The topological polar surface area (TPSA) is 59.8 Å². The average molecular weight is 388 g/mol. The Kier molecular flexibility index (Phi) is 3.84. The molecule has 0 fully saturated rings. The minimum atomic E-state index is -0.0171. The first-order chi connectivity index (χ1) is 13.5. The van der Waals surface area contributed by atoms with Crippen molar-refractivity contribution >= 4 is 28.3 Å². The molecule has 1 aliphatic rings. The molecule has 0 atom stereocenters. The number of rotatable bonds is 2. The van der Waals surface area contributed by atoms with Gasteiger partial charge < -0.3 is 9.88 Å². The van der Waals surface area contributed by atoms with E-state index in [1.807, 2.05) is 36.7 Å². The predicted molar refractivity (Wildman–Crippen MR) is 112 cm³/mol. The summed E-state index contributed by atoms with van der Waals surface area (Å²) < 4.78 is 2.08. The van der Waals surface area contributed by atoms with Crippen LogP contribution < -0.4 is 5.32 Å². The molecule has 0 bridgehead atoms. The van der Waals surface area contributed by atoms with E-state index in [1.165, 1.54) is 11.3 Å². The van der Waals surface area contributed by atoms with Gasteiger partial charge in [-0.25, -0.2) is 9.97 Å². The first-order valence-corrected chi connectivity index (χ1v) is 10.1. The van der Waals surface area contributed by atoms with Gasteiger partial charge in [-0.05, 0) is 36.1 Å². The van der Waals surface area contributed by atoms with Gasteiger partial charge in [-0.2, -0.15) is 0 Å². The van der Waals surface area contributed by atoms with E-state index in [4.69, 9.17) is 4.98 Å². The number of nitrogens with zero attached hydrogens (tertiary/aromatic N) is 3. The van der Waals surface area contributed by atoms with E-state index in [9.17, 15) is 4.79 Å². The number of pyridine rings is 1. The third kappa shape index (κ3) is 2.81. The second kappa shape index (κ2) is 6.27. The molecule has 5 rings (SSSR count). The lowest BCUT2D eigenvalue weighted by Gasteiger charge is -2.21. The lowest BCUT2D eigenvalue weighted by molar-refractivity contribution is 0.0948. The summed E-state index contributed by atoms with van der Waals surface area (Å²) in [4.78, 5) is 22.7. The van der Waals surface area contributed by atoms with Crippen molar-refractivity contribution in [2.24, 2.45) is 5.41 Å². The number of aromatic nitrogens is 3. The number of amides is 1. The smallest absolute Gasteiger partial charge is 0.263 e. The van der Waals surface area contributed by atoms with Crippen molar-refractivity contribution in [3.63, 3.8) is 0 Å². The Morgan fingerprint density at radius 2 is 1.96 bits per heavy atom. The van der Waals surface area contributed by atoms with E-state index >= 15 is 0 Å². The van der Waals surface area contributed by atoms with Crippen molar-refractivity contribution in [3.8, 4) is 16.3 Å². The van der Waals surface area contributed by atoms with Gasteiger partial charge in [0, 0.05) is 35.6 Å². The fourth-order valence-electron chi connectivity index (χ4n) is 3.70. The molecule has 3 aromatic heterocycles. The quantitative estimate of drug-likeness (QED) is 0.551. The first kappa shape index (κ1) is 17.1. The Bertz CT molecular complexity index is 1190. The van der Waals surface area contributed by atoms with Gasteiger partial charge in [0.05, 0.1) is 5.69 Å². The van der Waals surface area contributed by atoms with E-state index in [-0.39, 0.29) is 11.3 Å². The zero-order valence-corrected chi connectivity index (χ0v) is 16.6. The molecular weight excluding hydrogens is 368 g/mol. The van der Waals surface area contributed by atoms with Gasteiger partial charge in [0.25, 0.3) is 5.91 Å². The zero-order valence-electron chi connectivity index (χ0n) is 15.8. The molecule has 0 saturated carbocycles. The van der Waals surface area contributed by atoms with Gasteiger partial charge in [-0.1, -0.05) is 32.0 Å². The van der Waals surface area contributed by atoms with E-state index in [1.54, 1.807) is 0 Å². The van der Waals surface area contributed by atoms with Crippen molar-refractivity contribution in [1.29, 1.82) is 0 Å². The van der Waals surface area contributed by atoms with Crippen LogP contribution in [-0.4, -0.2) is 27.0 Å². The van der Waals surface area contributed by atoms with E-state index in [2.05, 4.69) is 46.9 Å². The minimum absolute atomic E-state index is 0.00352. The largest absolute Gasteiger partial charge is 0.351 e. The van der Waals surface area contributed by atoms with E-state index < -0.39 is 0 Å². The fraction of sp³-hybridized carbons (Fsp3) is 0.227. The van der Waals surface area contributed by atoms with Crippen LogP contribution in [0.1, 0.15) is 29.2 Å². The third-order valence-electron chi connectivity index (χ3n) is 5.13. The van der Waals surface area contributed by atoms with Gasteiger partial charge in [0.15, 0.2) is 0 Å². The van der Waals surface area contributed by atoms with Gasteiger partial charge in [-0.3, -0.25) is 4.79 Å². The number of benzene rings is 1. The molecule has 1 amide bonds. The Balaban J connectivity index is 1.64. The highest BCUT2D eigenvalue weighted by Crippen LogP contribution is 2.36. The summed E-state index contributed by atoms with van der Waals surface area (Å²) in [5, 5.41) is 4.94. The summed E-state index contributed by atoms with van der Waals surface area (Å²) >= 11 is 1.47. The van der Waals surface area contributed by atoms with Crippen LogP contribution in [0.15, 0.2) is 54.9 Å². The molecule has 0 spiro atoms. The molecule has 0 unspecified atom stereocenters. The molecular formula is C22H20N4OS. The summed E-state index contributed by atoms with van der Waals surface area (Å²) in [6.45, 7) is 4.99. The molecule has 28 heavy (non-hydrogen) atoms. The SMILES string of the molecule is CC1(C)CNC(=O)c2sc(-c3ccnc4c3ccn4-c3ccccc3)nc2C1. The molecule has 6 heteroatoms. The van der Waals surface area contributed by atoms with Crippen LogP contribution in [0.2, 0.25) is 0 Å². The van der Waals surface area contributed by atoms with Gasteiger partial charge >= 0.3 is 0 Å². The predicted octanol–water partition coefficient (Wildman–Crippen LogP) is 4.46. The fourth-order valence-corrected chi connectivity index (χ4v) is 4.74. The number of fused-ring (bicyclic) bond motifs is 2. The van der Waals surface area contributed by atoms with Gasteiger partial charge in [0.2, 0.25) is 0 Å². The standard InChI is InChI=1S/C22H20N4OS/c1-22(2)12-17-18(20(27)24-13-22)28-21(25-17)16-8-10-23-19-15(16)9-11-26(19)14-6-4-3-5-7-14/h3-11H,12-13H2,1-2H3,(H,24,27). The molecule has 4 aromatic rings. The lowest BCUT2D eigenvalue weighted by atomic mass is 9.88. The molecule has 1 N–H and O–H groups in total.